The van der Waals surface area contributed by atoms with Crippen molar-refractivity contribution < 1.29 is 5.11 Å². The summed E-state index contributed by atoms with van der Waals surface area (Å²) in [4.78, 5) is 0. The Kier molecular flexibility index (Phi) is 1.81. The Morgan fingerprint density at radius 2 is 2.23 bits per heavy atom. The average molecular weight is 176 g/mol. The number of rotatable bonds is 1. The summed E-state index contributed by atoms with van der Waals surface area (Å²) in [6, 6.07) is 5.86. The van der Waals surface area contributed by atoms with E-state index in [9.17, 15) is 5.11 Å². The van der Waals surface area contributed by atoms with Crippen molar-refractivity contribution in [1.29, 1.82) is 0 Å². The maximum Gasteiger partial charge on any atom is 0.0769 e. The molecule has 1 unspecified atom stereocenters. The molecular formula is C10H12N2O. The predicted molar refractivity (Wildman–Crippen MR) is 51.3 cm³/mol. The topological polar surface area (TPSA) is 38.1 Å². The summed E-state index contributed by atoms with van der Waals surface area (Å²) in [6.45, 7) is 1.77. The minimum atomic E-state index is -0.437. The Morgan fingerprint density at radius 3 is 2.92 bits per heavy atom. The SMILES string of the molecule is CC(O)c1cccc2c1cnn2C. The zero-order chi connectivity index (χ0) is 9.42. The van der Waals surface area contributed by atoms with E-state index in [1.807, 2.05) is 25.2 Å². The van der Waals surface area contributed by atoms with Crippen molar-refractivity contribution in [2.45, 2.75) is 13.0 Å². The predicted octanol–water partition coefficient (Wildman–Crippen LogP) is 1.63. The molecule has 0 aliphatic rings. The summed E-state index contributed by atoms with van der Waals surface area (Å²) in [5, 5.41) is 14.7. The number of hydrogen-bond donors (Lipinski definition) is 1. The number of aliphatic hydroxyl groups excluding tert-OH is 1. The van der Waals surface area contributed by atoms with Gasteiger partial charge in [0, 0.05) is 12.4 Å². The van der Waals surface area contributed by atoms with E-state index < -0.39 is 6.10 Å². The molecule has 0 bridgehead atoms. The average Bonchev–Trinajstić information content (AvgIpc) is 2.48. The molecule has 0 aliphatic heterocycles. The van der Waals surface area contributed by atoms with Crippen LogP contribution in [-0.4, -0.2) is 14.9 Å². The second kappa shape index (κ2) is 2.85. The summed E-state index contributed by atoms with van der Waals surface area (Å²) in [5.74, 6) is 0. The number of aryl methyl sites for hydroxylation is 1. The summed E-state index contributed by atoms with van der Waals surface area (Å²) < 4.78 is 1.81. The van der Waals surface area contributed by atoms with Gasteiger partial charge >= 0.3 is 0 Å². The van der Waals surface area contributed by atoms with E-state index in [0.717, 1.165) is 16.5 Å². The molecule has 0 amide bonds. The van der Waals surface area contributed by atoms with Gasteiger partial charge in [0.05, 0.1) is 17.8 Å². The molecule has 1 atom stereocenters. The van der Waals surface area contributed by atoms with Gasteiger partial charge in [0.1, 0.15) is 0 Å². The molecule has 1 heterocycles. The fourth-order valence-corrected chi connectivity index (χ4v) is 1.56. The van der Waals surface area contributed by atoms with Crippen LogP contribution in [0, 0.1) is 0 Å². The van der Waals surface area contributed by atoms with Gasteiger partial charge in [-0.05, 0) is 18.6 Å². The molecule has 1 aromatic carbocycles. The van der Waals surface area contributed by atoms with Crippen LogP contribution >= 0.6 is 0 Å². The lowest BCUT2D eigenvalue weighted by molar-refractivity contribution is 0.201. The number of aromatic nitrogens is 2. The number of hydrogen-bond acceptors (Lipinski definition) is 2. The third-order valence-corrected chi connectivity index (χ3v) is 2.28. The molecule has 68 valence electrons. The first kappa shape index (κ1) is 8.26. The molecule has 0 saturated heterocycles. The summed E-state index contributed by atoms with van der Waals surface area (Å²) in [7, 11) is 1.90. The van der Waals surface area contributed by atoms with Crippen molar-refractivity contribution in [2.24, 2.45) is 7.05 Å². The van der Waals surface area contributed by atoms with Crippen LogP contribution in [0.2, 0.25) is 0 Å². The number of benzene rings is 1. The van der Waals surface area contributed by atoms with Gasteiger partial charge in [-0.15, -0.1) is 0 Å². The van der Waals surface area contributed by atoms with Crippen LogP contribution in [0.4, 0.5) is 0 Å². The maximum atomic E-state index is 9.49. The third kappa shape index (κ3) is 1.21. The van der Waals surface area contributed by atoms with E-state index in [1.54, 1.807) is 17.8 Å². The first-order valence-electron chi connectivity index (χ1n) is 4.29. The van der Waals surface area contributed by atoms with E-state index in [2.05, 4.69) is 5.10 Å². The largest absolute Gasteiger partial charge is 0.389 e. The fraction of sp³-hybridized carbons (Fsp3) is 0.300. The molecule has 13 heavy (non-hydrogen) atoms. The standard InChI is InChI=1S/C10H12N2O/c1-7(13)8-4-3-5-10-9(8)6-11-12(10)2/h3-7,13H,1-2H3. The van der Waals surface area contributed by atoms with Gasteiger partial charge < -0.3 is 5.11 Å². The molecule has 3 heteroatoms. The van der Waals surface area contributed by atoms with Crippen molar-refractivity contribution in [3.63, 3.8) is 0 Å². The van der Waals surface area contributed by atoms with Gasteiger partial charge in [-0.3, -0.25) is 4.68 Å². The van der Waals surface area contributed by atoms with Crippen molar-refractivity contribution in [1.82, 2.24) is 9.78 Å². The Hall–Kier alpha value is -1.35. The lowest BCUT2D eigenvalue weighted by Gasteiger charge is -2.05. The molecule has 2 rings (SSSR count). The smallest absolute Gasteiger partial charge is 0.0769 e. The number of fused-ring (bicyclic) bond motifs is 1. The minimum Gasteiger partial charge on any atom is -0.389 e. The molecule has 1 N–H and O–H groups in total. The Morgan fingerprint density at radius 1 is 1.46 bits per heavy atom. The monoisotopic (exact) mass is 176 g/mol. The van der Waals surface area contributed by atoms with Crippen LogP contribution in [0.3, 0.4) is 0 Å². The van der Waals surface area contributed by atoms with Crippen LogP contribution in [0.25, 0.3) is 10.9 Å². The second-order valence-corrected chi connectivity index (χ2v) is 3.22. The van der Waals surface area contributed by atoms with Crippen molar-refractivity contribution >= 4 is 10.9 Å². The molecular weight excluding hydrogens is 164 g/mol. The van der Waals surface area contributed by atoms with E-state index in [4.69, 9.17) is 0 Å². The Bertz CT molecular complexity index is 431. The van der Waals surface area contributed by atoms with Crippen molar-refractivity contribution in [3.05, 3.63) is 30.0 Å². The van der Waals surface area contributed by atoms with Crippen molar-refractivity contribution in [3.8, 4) is 0 Å². The Labute approximate surface area is 76.6 Å². The van der Waals surface area contributed by atoms with Crippen LogP contribution in [0.5, 0.6) is 0 Å². The lowest BCUT2D eigenvalue weighted by atomic mass is 10.1. The van der Waals surface area contributed by atoms with Crippen LogP contribution in [0.1, 0.15) is 18.6 Å². The zero-order valence-electron chi connectivity index (χ0n) is 7.73. The van der Waals surface area contributed by atoms with Crippen LogP contribution < -0.4 is 0 Å². The normalized spacial score (nSPS) is 13.5. The molecule has 0 fully saturated rings. The van der Waals surface area contributed by atoms with Gasteiger partial charge in [-0.1, -0.05) is 12.1 Å². The Balaban J connectivity index is 2.77. The highest BCUT2D eigenvalue weighted by molar-refractivity contribution is 5.82. The van der Waals surface area contributed by atoms with E-state index in [-0.39, 0.29) is 0 Å². The molecule has 1 aromatic heterocycles. The van der Waals surface area contributed by atoms with Gasteiger partial charge in [0.15, 0.2) is 0 Å². The highest BCUT2D eigenvalue weighted by Crippen LogP contribution is 2.22. The second-order valence-electron chi connectivity index (χ2n) is 3.22. The van der Waals surface area contributed by atoms with Gasteiger partial charge in [0.25, 0.3) is 0 Å². The number of aliphatic hydroxyl groups is 1. The third-order valence-electron chi connectivity index (χ3n) is 2.28. The zero-order valence-corrected chi connectivity index (χ0v) is 7.73. The lowest BCUT2D eigenvalue weighted by Crippen LogP contribution is -1.92. The quantitative estimate of drug-likeness (QED) is 0.717. The fourth-order valence-electron chi connectivity index (χ4n) is 1.56. The van der Waals surface area contributed by atoms with Crippen molar-refractivity contribution in [2.75, 3.05) is 0 Å². The summed E-state index contributed by atoms with van der Waals surface area (Å²) in [6.07, 6.45) is 1.35. The van der Waals surface area contributed by atoms with Gasteiger partial charge in [0.2, 0.25) is 0 Å². The number of nitrogens with zero attached hydrogens (tertiary/aromatic N) is 2. The molecule has 2 aromatic rings. The molecule has 0 aliphatic carbocycles. The first-order chi connectivity index (χ1) is 6.20. The van der Waals surface area contributed by atoms with Gasteiger partial charge in [-0.2, -0.15) is 5.10 Å². The summed E-state index contributed by atoms with van der Waals surface area (Å²) >= 11 is 0. The van der Waals surface area contributed by atoms with Crippen LogP contribution in [-0.2, 0) is 7.05 Å². The molecule has 0 spiro atoms. The maximum absolute atomic E-state index is 9.49. The first-order valence-corrected chi connectivity index (χ1v) is 4.29. The molecule has 3 nitrogen and oxygen atoms in total. The highest BCUT2D eigenvalue weighted by atomic mass is 16.3. The highest BCUT2D eigenvalue weighted by Gasteiger charge is 2.07. The van der Waals surface area contributed by atoms with Gasteiger partial charge in [-0.25, -0.2) is 0 Å². The van der Waals surface area contributed by atoms with E-state index >= 15 is 0 Å². The minimum absolute atomic E-state index is 0.437. The van der Waals surface area contributed by atoms with E-state index in [0.29, 0.717) is 0 Å². The van der Waals surface area contributed by atoms with E-state index in [1.165, 1.54) is 0 Å². The molecule has 0 radical (unpaired) electrons. The summed E-state index contributed by atoms with van der Waals surface area (Å²) in [5.41, 5.74) is 1.99. The van der Waals surface area contributed by atoms with Crippen LogP contribution in [0.15, 0.2) is 24.4 Å². The molecule has 0 saturated carbocycles.